The maximum atomic E-state index is 11.6. The Labute approximate surface area is 236 Å². The molecule has 39 heavy (non-hydrogen) atoms. The Morgan fingerprint density at radius 3 is 2.46 bits per heavy atom. The minimum absolute atomic E-state index is 0.0363. The molecule has 13 heteroatoms. The number of methoxy groups -OCH3 is 1. The second-order valence-corrected chi connectivity index (χ2v) is 10.6. The van der Waals surface area contributed by atoms with Gasteiger partial charge in [0.05, 0.1) is 16.5 Å². The van der Waals surface area contributed by atoms with Crippen molar-refractivity contribution in [3.8, 4) is 17.2 Å². The van der Waals surface area contributed by atoms with Crippen LogP contribution in [0.25, 0.3) is 5.69 Å². The molecule has 0 unspecified atom stereocenters. The zero-order valence-electron chi connectivity index (χ0n) is 21.2. The van der Waals surface area contributed by atoms with E-state index >= 15 is 0 Å². The first-order valence-corrected chi connectivity index (χ1v) is 13.3. The third-order valence-electron chi connectivity index (χ3n) is 5.78. The number of halogens is 1. The van der Waals surface area contributed by atoms with Gasteiger partial charge >= 0.3 is 0 Å². The van der Waals surface area contributed by atoms with Gasteiger partial charge in [0.25, 0.3) is 5.69 Å². The Hall–Kier alpha value is -3.97. The Morgan fingerprint density at radius 2 is 1.79 bits per heavy atom. The number of aromatic nitrogens is 3. The van der Waals surface area contributed by atoms with Crippen molar-refractivity contribution in [1.82, 2.24) is 14.8 Å². The molecule has 4 aromatic rings. The molecule has 4 rings (SSSR count). The quantitative estimate of drug-likeness (QED) is 0.109. The molecule has 3 aromatic carbocycles. The van der Waals surface area contributed by atoms with Crippen molar-refractivity contribution in [3.63, 3.8) is 0 Å². The van der Waals surface area contributed by atoms with E-state index in [2.05, 4.69) is 26.1 Å². The zero-order chi connectivity index (χ0) is 28.1. The number of ether oxygens (including phenoxy) is 2. The van der Waals surface area contributed by atoms with Crippen LogP contribution in [0.2, 0.25) is 0 Å². The number of rotatable bonds is 11. The number of hydrogen-bond donors (Lipinski definition) is 0. The van der Waals surface area contributed by atoms with E-state index in [1.54, 1.807) is 24.3 Å². The van der Waals surface area contributed by atoms with Gasteiger partial charge in [-0.3, -0.25) is 24.8 Å². The Morgan fingerprint density at radius 1 is 1.05 bits per heavy atom. The van der Waals surface area contributed by atoms with Crippen LogP contribution in [0, 0.1) is 34.1 Å². The highest BCUT2D eigenvalue weighted by Crippen LogP contribution is 2.43. The van der Waals surface area contributed by atoms with Crippen molar-refractivity contribution >= 4 is 33.4 Å². The van der Waals surface area contributed by atoms with Gasteiger partial charge in [-0.15, -0.1) is 10.2 Å². The summed E-state index contributed by atoms with van der Waals surface area (Å²) in [7, 11) is 1.47. The molecule has 0 aliphatic carbocycles. The second-order valence-electron chi connectivity index (χ2n) is 8.57. The van der Waals surface area contributed by atoms with Crippen LogP contribution in [0.5, 0.6) is 11.5 Å². The van der Waals surface area contributed by atoms with Crippen LogP contribution >= 0.6 is 27.7 Å². The molecular weight excluding hydrogens is 590 g/mol. The standard InChI is InChI=1S/C26H24BrN5O6S/c1-16-7-9-20(10-8-16)31-17(2)28-29-26(31)39-24(14-30(33)34)19-12-22(27)25(23(13-19)37-3)38-15-18-5-4-6-21(11-18)32(35)36/h4-13,24H,14-15H2,1-3H3/t24-/m1/s1. The lowest BCUT2D eigenvalue weighted by molar-refractivity contribution is -0.479. The summed E-state index contributed by atoms with van der Waals surface area (Å²) in [6.45, 7) is 3.51. The van der Waals surface area contributed by atoms with Crippen molar-refractivity contribution < 1.29 is 19.3 Å². The van der Waals surface area contributed by atoms with Gasteiger partial charge in [0.1, 0.15) is 17.7 Å². The van der Waals surface area contributed by atoms with Crippen LogP contribution < -0.4 is 9.47 Å². The van der Waals surface area contributed by atoms with Crippen LogP contribution in [0.3, 0.4) is 0 Å². The van der Waals surface area contributed by atoms with E-state index in [-0.39, 0.29) is 23.8 Å². The van der Waals surface area contributed by atoms with Crippen molar-refractivity contribution in [2.45, 2.75) is 30.9 Å². The topological polar surface area (TPSA) is 135 Å². The number of nitro groups is 2. The average Bonchev–Trinajstić information content (AvgIpc) is 3.27. The maximum Gasteiger partial charge on any atom is 0.269 e. The molecule has 0 bridgehead atoms. The second kappa shape index (κ2) is 12.3. The maximum absolute atomic E-state index is 11.6. The Bertz CT molecular complexity index is 1510. The lowest BCUT2D eigenvalue weighted by Gasteiger charge is -2.18. The molecule has 0 spiro atoms. The summed E-state index contributed by atoms with van der Waals surface area (Å²) in [6.07, 6.45) is 0. The zero-order valence-corrected chi connectivity index (χ0v) is 23.6. The highest BCUT2D eigenvalue weighted by molar-refractivity contribution is 9.10. The third-order valence-corrected chi connectivity index (χ3v) is 7.55. The number of aryl methyl sites for hydroxylation is 2. The molecular formula is C26H24BrN5O6S. The molecule has 0 amide bonds. The van der Waals surface area contributed by atoms with Crippen LogP contribution in [-0.4, -0.2) is 38.3 Å². The Balaban J connectivity index is 1.64. The van der Waals surface area contributed by atoms with Gasteiger partial charge in [-0.2, -0.15) is 0 Å². The summed E-state index contributed by atoms with van der Waals surface area (Å²) in [4.78, 5) is 21.9. The molecule has 202 valence electrons. The minimum Gasteiger partial charge on any atom is -0.493 e. The van der Waals surface area contributed by atoms with Gasteiger partial charge in [-0.25, -0.2) is 0 Å². The monoisotopic (exact) mass is 613 g/mol. The molecule has 0 saturated carbocycles. The molecule has 1 atom stereocenters. The summed E-state index contributed by atoms with van der Waals surface area (Å²) in [5, 5.41) is 31.1. The molecule has 1 aromatic heterocycles. The van der Waals surface area contributed by atoms with E-state index in [4.69, 9.17) is 9.47 Å². The highest BCUT2D eigenvalue weighted by atomic mass is 79.9. The fraction of sp³-hybridized carbons (Fsp3) is 0.231. The lowest BCUT2D eigenvalue weighted by atomic mass is 10.1. The predicted molar refractivity (Wildman–Crippen MR) is 149 cm³/mol. The minimum atomic E-state index is -0.621. The molecule has 11 nitrogen and oxygen atoms in total. The number of non-ortho nitro benzene ring substituents is 1. The Kier molecular flexibility index (Phi) is 8.82. The van der Waals surface area contributed by atoms with Crippen LogP contribution in [0.1, 0.15) is 27.8 Å². The van der Waals surface area contributed by atoms with Crippen LogP contribution in [-0.2, 0) is 6.61 Å². The van der Waals surface area contributed by atoms with E-state index in [9.17, 15) is 20.2 Å². The largest absolute Gasteiger partial charge is 0.493 e. The van der Waals surface area contributed by atoms with E-state index in [0.29, 0.717) is 38.1 Å². The molecule has 0 fully saturated rings. The van der Waals surface area contributed by atoms with Gasteiger partial charge < -0.3 is 9.47 Å². The molecule has 0 aliphatic rings. The van der Waals surface area contributed by atoms with E-state index in [0.717, 1.165) is 11.3 Å². The van der Waals surface area contributed by atoms with Crippen LogP contribution in [0.4, 0.5) is 5.69 Å². The fourth-order valence-corrected chi connectivity index (χ4v) is 5.59. The number of nitro benzene ring substituents is 1. The average molecular weight is 614 g/mol. The predicted octanol–water partition coefficient (Wildman–Crippen LogP) is 6.25. The first-order valence-electron chi connectivity index (χ1n) is 11.7. The molecule has 0 saturated heterocycles. The number of hydrogen-bond acceptors (Lipinski definition) is 9. The first kappa shape index (κ1) is 28.0. The van der Waals surface area contributed by atoms with E-state index in [1.165, 1.54) is 31.0 Å². The smallest absolute Gasteiger partial charge is 0.269 e. The fourth-order valence-electron chi connectivity index (χ4n) is 3.86. The van der Waals surface area contributed by atoms with Crippen molar-refractivity contribution in [2.24, 2.45) is 0 Å². The summed E-state index contributed by atoms with van der Waals surface area (Å²) >= 11 is 4.74. The molecule has 0 N–H and O–H groups in total. The van der Waals surface area contributed by atoms with Gasteiger partial charge in [0.2, 0.25) is 6.54 Å². The summed E-state index contributed by atoms with van der Waals surface area (Å²) < 4.78 is 13.9. The number of benzene rings is 3. The molecule has 1 heterocycles. The van der Waals surface area contributed by atoms with E-state index in [1.807, 2.05) is 42.7 Å². The van der Waals surface area contributed by atoms with Gasteiger partial charge in [0, 0.05) is 22.7 Å². The summed E-state index contributed by atoms with van der Waals surface area (Å²) in [5.41, 5.74) is 3.16. The molecule has 0 aliphatic heterocycles. The first-order chi connectivity index (χ1) is 18.7. The van der Waals surface area contributed by atoms with E-state index < -0.39 is 10.2 Å². The van der Waals surface area contributed by atoms with Gasteiger partial charge in [0.15, 0.2) is 16.7 Å². The SMILES string of the molecule is COc1cc([C@@H](C[N+](=O)[O-])Sc2nnc(C)n2-c2ccc(C)cc2)cc(Br)c1OCc1cccc([N+](=O)[O-])c1. The van der Waals surface area contributed by atoms with Crippen molar-refractivity contribution in [1.29, 1.82) is 0 Å². The van der Waals surface area contributed by atoms with Crippen LogP contribution in [0.15, 0.2) is 70.3 Å². The summed E-state index contributed by atoms with van der Waals surface area (Å²) in [6, 6.07) is 17.4. The lowest BCUT2D eigenvalue weighted by Crippen LogP contribution is -2.12. The number of thioether (sulfide) groups is 1. The highest BCUT2D eigenvalue weighted by Gasteiger charge is 2.26. The third kappa shape index (κ3) is 6.73. The summed E-state index contributed by atoms with van der Waals surface area (Å²) in [5.74, 6) is 1.39. The van der Waals surface area contributed by atoms with Crippen molar-refractivity contribution in [2.75, 3.05) is 13.7 Å². The normalized spacial score (nSPS) is 11.7. The molecule has 0 radical (unpaired) electrons. The van der Waals surface area contributed by atoms with Gasteiger partial charge in [-0.1, -0.05) is 41.6 Å². The van der Waals surface area contributed by atoms with Gasteiger partial charge in [-0.05, 0) is 65.2 Å². The number of nitrogens with zero attached hydrogens (tertiary/aromatic N) is 5. The van der Waals surface area contributed by atoms with Crippen molar-refractivity contribution in [3.05, 3.63) is 108 Å².